The van der Waals surface area contributed by atoms with Crippen LogP contribution in [0.4, 0.5) is 4.39 Å². The smallest absolute Gasteiger partial charge is 0.168 e. The van der Waals surface area contributed by atoms with Gasteiger partial charge in [0.15, 0.2) is 5.58 Å². The van der Waals surface area contributed by atoms with Crippen LogP contribution in [0.3, 0.4) is 0 Å². The molecule has 37 heavy (non-hydrogen) atoms. The number of pyridine rings is 1. The normalized spacial score (nSPS) is 14.2. The summed E-state index contributed by atoms with van der Waals surface area (Å²) in [5.41, 5.74) is 3.33. The van der Waals surface area contributed by atoms with Gasteiger partial charge in [0, 0.05) is 33.2 Å². The molecular weight excluding hydrogens is 637 g/mol. The van der Waals surface area contributed by atoms with Crippen LogP contribution in [0.25, 0.3) is 22.2 Å². The molecule has 0 saturated heterocycles. The summed E-state index contributed by atoms with van der Waals surface area (Å²) in [6.45, 7) is 12.0. The number of benzene rings is 2. The first kappa shape index (κ1) is 28.4. The second kappa shape index (κ2) is 10.9. The van der Waals surface area contributed by atoms with Crippen LogP contribution in [0.5, 0.6) is 0 Å². The topological polar surface area (TPSA) is 74.0 Å². The van der Waals surface area contributed by atoms with Crippen LogP contribution in [-0.2, 0) is 17.8 Å². The minimum absolute atomic E-state index is 0.211. The summed E-state index contributed by atoms with van der Waals surface area (Å²) in [7, 11) is -1.97. The first-order chi connectivity index (χ1) is 17.3. The van der Waals surface area contributed by atoms with Gasteiger partial charge in [0.05, 0.1) is 19.8 Å². The Morgan fingerprint density at radius 1 is 1.11 bits per heavy atom. The van der Waals surface area contributed by atoms with Crippen molar-refractivity contribution in [3.63, 3.8) is 0 Å². The monoisotopic (exact) mass is 665 g/mol. The average Bonchev–Trinajstić information content (AvgIpc) is 3.22. The number of rotatable bonds is 7. The minimum atomic E-state index is -1.97. The number of aromatic nitrogens is 2. The maximum atomic E-state index is 15.8. The Balaban J connectivity index is 1.86. The molecule has 0 amide bonds. The fraction of sp³-hybridized carbons (Fsp3) is 0.333. The zero-order chi connectivity index (χ0) is 27.1. The molecule has 1 N–H and O–H groups in total. The summed E-state index contributed by atoms with van der Waals surface area (Å²) in [4.78, 5) is 4.52. The highest BCUT2D eigenvalue weighted by atomic mass is 79.9. The van der Waals surface area contributed by atoms with Gasteiger partial charge < -0.3 is 9.08 Å². The van der Waals surface area contributed by atoms with E-state index in [-0.39, 0.29) is 12.2 Å². The first-order valence-electron chi connectivity index (χ1n) is 11.9. The van der Waals surface area contributed by atoms with Crippen molar-refractivity contribution in [3.05, 3.63) is 74.7 Å². The molecule has 0 aliphatic heterocycles. The Morgan fingerprint density at radius 2 is 1.81 bits per heavy atom. The number of nitrogens with zero attached hydrogens (tertiary/aromatic N) is 2. The Bertz CT molecular complexity index is 1440. The molecule has 0 aliphatic rings. The van der Waals surface area contributed by atoms with Crippen molar-refractivity contribution in [2.24, 2.45) is 0 Å². The third-order valence-electron chi connectivity index (χ3n) is 6.03. The molecule has 2 atom stereocenters. The molecule has 0 spiro atoms. The van der Waals surface area contributed by atoms with Gasteiger partial charge in [-0.25, -0.2) is 9.37 Å². The quantitative estimate of drug-likeness (QED) is 0.126. The maximum Gasteiger partial charge on any atom is 0.168 e. The van der Waals surface area contributed by atoms with Crippen LogP contribution in [-0.4, -0.2) is 27.5 Å². The van der Waals surface area contributed by atoms with Gasteiger partial charge in [-0.2, -0.15) is 0 Å². The molecule has 2 heterocycles. The predicted octanol–water partition coefficient (Wildman–Crippen LogP) is 7.43. The number of halogens is 3. The van der Waals surface area contributed by atoms with Crippen molar-refractivity contribution >= 4 is 67.5 Å². The first-order valence-corrected chi connectivity index (χ1v) is 18.2. The summed E-state index contributed by atoms with van der Waals surface area (Å²) in [6.07, 6.45) is 0.211. The van der Waals surface area contributed by atoms with Crippen LogP contribution < -0.4 is 9.91 Å². The Morgan fingerprint density at radius 3 is 2.49 bits per heavy atom. The fourth-order valence-electron chi connectivity index (χ4n) is 4.07. The summed E-state index contributed by atoms with van der Waals surface area (Å²) in [5, 5.41) is 5.94. The van der Waals surface area contributed by atoms with Crippen LogP contribution >= 0.6 is 31.9 Å². The molecule has 5 nitrogen and oxygen atoms in total. The average molecular weight is 668 g/mol. The zero-order valence-corrected chi connectivity index (χ0v) is 26.6. The van der Waals surface area contributed by atoms with Gasteiger partial charge in [-0.05, 0) is 71.7 Å². The van der Waals surface area contributed by atoms with Crippen LogP contribution in [0.15, 0.2) is 62.1 Å². The van der Waals surface area contributed by atoms with E-state index in [9.17, 15) is 4.55 Å². The lowest BCUT2D eigenvalue weighted by molar-refractivity contribution is 0.459. The minimum Gasteiger partial charge on any atom is -0.598 e. The molecule has 2 aromatic heterocycles. The lowest BCUT2D eigenvalue weighted by Gasteiger charge is -2.29. The van der Waals surface area contributed by atoms with E-state index in [4.69, 9.17) is 4.52 Å². The maximum absolute atomic E-state index is 15.8. The van der Waals surface area contributed by atoms with Gasteiger partial charge in [-0.3, -0.25) is 0 Å². The SMILES string of the molecule is CC(C)(C)[S+]([O-])N[C@@H](Cc1nc(Br)cc([Si](C)(C)C)c1F)c1ccccc1-c1noc2cc(Br)ccc12. The molecule has 4 rings (SSSR count). The van der Waals surface area contributed by atoms with E-state index in [1.165, 1.54) is 0 Å². The highest BCUT2D eigenvalue weighted by molar-refractivity contribution is 9.10. The fourth-order valence-corrected chi connectivity index (χ4v) is 7.25. The second-order valence-electron chi connectivity index (χ2n) is 11.0. The van der Waals surface area contributed by atoms with Crippen molar-refractivity contribution in [2.45, 2.75) is 57.6 Å². The molecule has 196 valence electrons. The molecule has 0 fully saturated rings. The summed E-state index contributed by atoms with van der Waals surface area (Å²) in [5.74, 6) is -0.287. The van der Waals surface area contributed by atoms with Gasteiger partial charge in [0.2, 0.25) is 0 Å². The molecular formula is C27H30Br2FN3O2SSi. The molecule has 2 aromatic carbocycles. The highest BCUT2D eigenvalue weighted by Crippen LogP contribution is 2.36. The van der Waals surface area contributed by atoms with Gasteiger partial charge in [-0.1, -0.05) is 65.0 Å². The van der Waals surface area contributed by atoms with Crippen LogP contribution in [0.2, 0.25) is 19.6 Å². The van der Waals surface area contributed by atoms with E-state index in [0.29, 0.717) is 26.8 Å². The van der Waals surface area contributed by atoms with Gasteiger partial charge >= 0.3 is 0 Å². The van der Waals surface area contributed by atoms with E-state index < -0.39 is 30.2 Å². The van der Waals surface area contributed by atoms with E-state index in [0.717, 1.165) is 21.0 Å². The van der Waals surface area contributed by atoms with Gasteiger partial charge in [0.1, 0.15) is 20.9 Å². The van der Waals surface area contributed by atoms with Crippen molar-refractivity contribution in [1.82, 2.24) is 14.9 Å². The molecule has 10 heteroatoms. The van der Waals surface area contributed by atoms with Crippen molar-refractivity contribution in [2.75, 3.05) is 0 Å². The van der Waals surface area contributed by atoms with Crippen molar-refractivity contribution in [3.8, 4) is 11.3 Å². The largest absolute Gasteiger partial charge is 0.598 e. The molecule has 0 bridgehead atoms. The van der Waals surface area contributed by atoms with Crippen molar-refractivity contribution < 1.29 is 13.5 Å². The molecule has 1 unspecified atom stereocenters. The second-order valence-corrected chi connectivity index (χ2v) is 19.8. The van der Waals surface area contributed by atoms with Crippen LogP contribution in [0.1, 0.15) is 38.1 Å². The molecule has 4 aromatic rings. The lowest BCUT2D eigenvalue weighted by atomic mass is 9.94. The summed E-state index contributed by atoms with van der Waals surface area (Å²) >= 11 is 5.55. The standard InChI is InChI=1S/C27H30Br2FN3O2SSi/c1-27(2,3)36(34)33-20(14-21-25(30)23(37(4,5)6)15-24(29)31-21)17-9-7-8-10-18(17)26-19-12-11-16(28)13-22(19)35-32-26/h7-13,15,20,33H,14H2,1-6H3/t20-,36?/m0/s1. The van der Waals surface area contributed by atoms with Crippen LogP contribution in [0, 0.1) is 5.82 Å². The highest BCUT2D eigenvalue weighted by Gasteiger charge is 2.33. The number of fused-ring (bicyclic) bond motifs is 1. The molecule has 0 radical (unpaired) electrons. The predicted molar refractivity (Wildman–Crippen MR) is 159 cm³/mol. The van der Waals surface area contributed by atoms with Gasteiger partial charge in [-0.15, -0.1) is 4.72 Å². The van der Waals surface area contributed by atoms with E-state index in [1.807, 2.05) is 63.2 Å². The Hall–Kier alpha value is -1.56. The third-order valence-corrected chi connectivity index (χ3v) is 10.5. The number of nitrogens with one attached hydrogen (secondary N) is 1. The summed E-state index contributed by atoms with van der Waals surface area (Å²) in [6, 6.07) is 14.8. The number of hydrogen-bond acceptors (Lipinski definition) is 5. The van der Waals surface area contributed by atoms with E-state index >= 15 is 4.39 Å². The van der Waals surface area contributed by atoms with Gasteiger partial charge in [0.25, 0.3) is 0 Å². The van der Waals surface area contributed by atoms with E-state index in [1.54, 1.807) is 6.07 Å². The Labute approximate surface area is 238 Å². The summed E-state index contributed by atoms with van der Waals surface area (Å²) < 4.78 is 39.0. The number of hydrogen-bond donors (Lipinski definition) is 1. The van der Waals surface area contributed by atoms with Crippen molar-refractivity contribution in [1.29, 1.82) is 0 Å². The molecule has 0 saturated carbocycles. The zero-order valence-electron chi connectivity index (χ0n) is 21.7. The lowest BCUT2D eigenvalue weighted by Crippen LogP contribution is -2.43. The Kier molecular flexibility index (Phi) is 8.38. The third kappa shape index (κ3) is 6.37. The van der Waals surface area contributed by atoms with E-state index in [2.05, 4.69) is 66.4 Å². The molecule has 0 aliphatic carbocycles.